The molecular formula is C14H18BrNO2. The molecule has 1 aliphatic rings. The van der Waals surface area contributed by atoms with E-state index in [0.717, 1.165) is 25.1 Å². The normalized spacial score (nSPS) is 24.1. The van der Waals surface area contributed by atoms with E-state index in [1.54, 1.807) is 18.2 Å². The van der Waals surface area contributed by atoms with Crippen molar-refractivity contribution in [2.45, 2.75) is 25.1 Å². The van der Waals surface area contributed by atoms with E-state index in [4.69, 9.17) is 0 Å². The first-order valence-corrected chi connectivity index (χ1v) is 7.13. The lowest BCUT2D eigenvalue weighted by molar-refractivity contribution is 0.0690. The third-order valence-electron chi connectivity index (χ3n) is 3.53. The van der Waals surface area contributed by atoms with Gasteiger partial charge in [-0.2, -0.15) is 0 Å². The second kappa shape index (κ2) is 5.31. The van der Waals surface area contributed by atoms with Gasteiger partial charge in [-0.15, -0.1) is 0 Å². The Morgan fingerprint density at radius 1 is 1.50 bits per heavy atom. The molecule has 0 saturated carbocycles. The van der Waals surface area contributed by atoms with Crippen LogP contribution < -0.4 is 0 Å². The van der Waals surface area contributed by atoms with Gasteiger partial charge in [-0.05, 0) is 43.0 Å². The van der Waals surface area contributed by atoms with Crippen molar-refractivity contribution in [3.05, 3.63) is 29.3 Å². The summed E-state index contributed by atoms with van der Waals surface area (Å²) in [5.74, 6) is 0.746. The molecule has 0 aliphatic carbocycles. The van der Waals surface area contributed by atoms with Crippen molar-refractivity contribution >= 4 is 21.8 Å². The van der Waals surface area contributed by atoms with Gasteiger partial charge in [0.15, 0.2) is 0 Å². The molecule has 2 atom stereocenters. The fraction of sp³-hybridized carbons (Fsp3) is 0.500. The third kappa shape index (κ3) is 2.69. The maximum Gasteiger partial charge on any atom is 0.254 e. The summed E-state index contributed by atoms with van der Waals surface area (Å²) < 4.78 is 0. The third-order valence-corrected chi connectivity index (χ3v) is 4.89. The van der Waals surface area contributed by atoms with Crippen molar-refractivity contribution in [3.63, 3.8) is 0 Å². The molecule has 0 aromatic heterocycles. The molecule has 4 heteroatoms. The summed E-state index contributed by atoms with van der Waals surface area (Å²) >= 11 is 3.64. The van der Waals surface area contributed by atoms with E-state index in [0.29, 0.717) is 16.3 Å². The molecule has 0 radical (unpaired) electrons. The number of aromatic hydroxyl groups is 1. The van der Waals surface area contributed by atoms with Crippen molar-refractivity contribution in [1.29, 1.82) is 0 Å². The Hall–Kier alpha value is -1.03. The van der Waals surface area contributed by atoms with Crippen molar-refractivity contribution in [3.8, 4) is 5.75 Å². The number of likely N-dealkylation sites (tertiary alicyclic amines) is 1. The summed E-state index contributed by atoms with van der Waals surface area (Å²) in [7, 11) is 0. The number of hydrogen-bond acceptors (Lipinski definition) is 2. The highest BCUT2D eigenvalue weighted by atomic mass is 79.9. The highest BCUT2D eigenvalue weighted by Gasteiger charge is 2.28. The van der Waals surface area contributed by atoms with Gasteiger partial charge in [0.1, 0.15) is 5.75 Å². The molecule has 1 fully saturated rings. The molecular weight excluding hydrogens is 294 g/mol. The number of halogens is 1. The minimum absolute atomic E-state index is 0.0683. The van der Waals surface area contributed by atoms with E-state index < -0.39 is 0 Å². The summed E-state index contributed by atoms with van der Waals surface area (Å²) in [6.45, 7) is 5.59. The highest BCUT2D eigenvalue weighted by molar-refractivity contribution is 9.09. The molecule has 1 N–H and O–H groups in total. The fourth-order valence-corrected chi connectivity index (χ4v) is 2.73. The number of alkyl halides is 1. The quantitative estimate of drug-likeness (QED) is 0.810. The van der Waals surface area contributed by atoms with Crippen molar-refractivity contribution < 1.29 is 9.90 Å². The molecule has 0 spiro atoms. The molecule has 18 heavy (non-hydrogen) atoms. The molecule has 1 saturated heterocycles. The average Bonchev–Trinajstić information content (AvgIpc) is 2.32. The van der Waals surface area contributed by atoms with Crippen LogP contribution in [0, 0.1) is 12.8 Å². The Labute approximate surface area is 116 Å². The van der Waals surface area contributed by atoms with Crippen molar-refractivity contribution in [1.82, 2.24) is 4.90 Å². The number of phenols is 1. The second-order valence-electron chi connectivity index (χ2n) is 5.03. The Morgan fingerprint density at radius 2 is 2.22 bits per heavy atom. The lowest BCUT2D eigenvalue weighted by atomic mass is 9.98. The monoisotopic (exact) mass is 311 g/mol. The van der Waals surface area contributed by atoms with E-state index in [2.05, 4.69) is 22.9 Å². The molecule has 1 heterocycles. The van der Waals surface area contributed by atoms with Crippen LogP contribution in [0.3, 0.4) is 0 Å². The molecule has 2 rings (SSSR count). The number of aryl methyl sites for hydroxylation is 1. The van der Waals surface area contributed by atoms with E-state index in [1.807, 2.05) is 11.8 Å². The summed E-state index contributed by atoms with van der Waals surface area (Å²) in [6.07, 6.45) is 0.990. The van der Waals surface area contributed by atoms with Gasteiger partial charge in [0.2, 0.25) is 0 Å². The first-order valence-electron chi connectivity index (χ1n) is 6.22. The number of benzene rings is 1. The van der Waals surface area contributed by atoms with Crippen LogP contribution in [0.2, 0.25) is 0 Å². The van der Waals surface area contributed by atoms with E-state index in [1.165, 1.54) is 0 Å². The Bertz CT molecular complexity index is 461. The number of carbonyl (C=O) groups is 1. The maximum atomic E-state index is 12.4. The number of rotatable bonds is 1. The van der Waals surface area contributed by atoms with Gasteiger partial charge in [0.05, 0.1) is 0 Å². The van der Waals surface area contributed by atoms with Gasteiger partial charge in [-0.25, -0.2) is 0 Å². The zero-order valence-electron chi connectivity index (χ0n) is 10.7. The SMILES string of the molecule is Cc1cc(O)ccc1C(=O)N1CCC(Br)C(C)C1. The van der Waals surface area contributed by atoms with Gasteiger partial charge >= 0.3 is 0 Å². The number of carbonyl (C=O) groups excluding carboxylic acids is 1. The number of hydrogen-bond donors (Lipinski definition) is 1. The standard InChI is InChI=1S/C14H18BrNO2/c1-9-7-11(17)3-4-12(9)14(18)16-6-5-13(15)10(2)8-16/h3-4,7,10,13,17H,5-6,8H2,1-2H3. The number of phenolic OH excluding ortho intramolecular Hbond substituents is 1. The average molecular weight is 312 g/mol. The summed E-state index contributed by atoms with van der Waals surface area (Å²) in [4.78, 5) is 14.8. The summed E-state index contributed by atoms with van der Waals surface area (Å²) in [5, 5.41) is 9.38. The molecule has 0 bridgehead atoms. The van der Waals surface area contributed by atoms with Gasteiger partial charge in [0.25, 0.3) is 5.91 Å². The largest absolute Gasteiger partial charge is 0.508 e. The van der Waals surface area contributed by atoms with Crippen LogP contribution in [-0.4, -0.2) is 33.8 Å². The molecule has 1 aromatic rings. The summed E-state index contributed by atoms with van der Waals surface area (Å²) in [5.41, 5.74) is 1.52. The molecule has 1 aliphatic heterocycles. The minimum Gasteiger partial charge on any atom is -0.508 e. The van der Waals surface area contributed by atoms with Crippen LogP contribution in [0.15, 0.2) is 18.2 Å². The predicted octanol–water partition coefficient (Wildman–Crippen LogP) is 2.95. The molecule has 98 valence electrons. The van der Waals surface area contributed by atoms with Crippen LogP contribution in [0.25, 0.3) is 0 Å². The second-order valence-corrected chi connectivity index (χ2v) is 6.21. The van der Waals surface area contributed by atoms with Gasteiger partial charge in [-0.3, -0.25) is 4.79 Å². The molecule has 2 unspecified atom stereocenters. The minimum atomic E-state index is 0.0683. The van der Waals surface area contributed by atoms with Crippen LogP contribution in [0.5, 0.6) is 5.75 Å². The van der Waals surface area contributed by atoms with Crippen LogP contribution in [0.1, 0.15) is 29.3 Å². The van der Waals surface area contributed by atoms with Crippen molar-refractivity contribution in [2.75, 3.05) is 13.1 Å². The fourth-order valence-electron chi connectivity index (χ4n) is 2.36. The van der Waals surface area contributed by atoms with E-state index in [-0.39, 0.29) is 11.7 Å². The van der Waals surface area contributed by atoms with Crippen molar-refractivity contribution in [2.24, 2.45) is 5.92 Å². The lowest BCUT2D eigenvalue weighted by Crippen LogP contribution is -2.43. The van der Waals surface area contributed by atoms with Gasteiger partial charge in [0, 0.05) is 23.5 Å². The van der Waals surface area contributed by atoms with Crippen LogP contribution in [0.4, 0.5) is 0 Å². The Kier molecular flexibility index (Phi) is 3.95. The molecule has 1 aromatic carbocycles. The van der Waals surface area contributed by atoms with Crippen LogP contribution in [-0.2, 0) is 0 Å². The Balaban J connectivity index is 2.16. The van der Waals surface area contributed by atoms with Gasteiger partial charge in [-0.1, -0.05) is 22.9 Å². The smallest absolute Gasteiger partial charge is 0.254 e. The maximum absolute atomic E-state index is 12.4. The van der Waals surface area contributed by atoms with E-state index in [9.17, 15) is 9.90 Å². The first-order chi connectivity index (χ1) is 8.49. The number of nitrogens with zero attached hydrogens (tertiary/aromatic N) is 1. The molecule has 1 amide bonds. The number of amides is 1. The zero-order valence-corrected chi connectivity index (χ0v) is 12.3. The van der Waals surface area contributed by atoms with Gasteiger partial charge < -0.3 is 10.0 Å². The van der Waals surface area contributed by atoms with Crippen LogP contribution >= 0.6 is 15.9 Å². The first kappa shape index (κ1) is 13.4. The van der Waals surface area contributed by atoms with E-state index >= 15 is 0 Å². The summed E-state index contributed by atoms with van der Waals surface area (Å²) in [6, 6.07) is 4.91. The Morgan fingerprint density at radius 3 is 2.83 bits per heavy atom. The lowest BCUT2D eigenvalue weighted by Gasteiger charge is -2.34. The topological polar surface area (TPSA) is 40.5 Å². The number of piperidine rings is 1. The predicted molar refractivity (Wildman–Crippen MR) is 75.2 cm³/mol. The highest BCUT2D eigenvalue weighted by Crippen LogP contribution is 2.25. The zero-order chi connectivity index (χ0) is 13.3. The molecule has 3 nitrogen and oxygen atoms in total.